The van der Waals surface area contributed by atoms with Gasteiger partial charge in [-0.25, -0.2) is 8.42 Å². The summed E-state index contributed by atoms with van der Waals surface area (Å²) in [5.74, 6) is 0.159. The molecule has 10 heteroatoms. The Labute approximate surface area is 217 Å². The minimum atomic E-state index is -3.67. The van der Waals surface area contributed by atoms with Crippen LogP contribution in [0.3, 0.4) is 0 Å². The van der Waals surface area contributed by atoms with E-state index in [9.17, 15) is 13.2 Å². The van der Waals surface area contributed by atoms with E-state index in [1.54, 1.807) is 30.5 Å². The molecule has 1 unspecified atom stereocenters. The van der Waals surface area contributed by atoms with Crippen molar-refractivity contribution >= 4 is 44.1 Å². The summed E-state index contributed by atoms with van der Waals surface area (Å²) < 4.78 is 33.0. The normalized spacial score (nSPS) is 16.6. The molecule has 192 valence electrons. The Bertz CT molecular complexity index is 1300. The molecule has 1 fully saturated rings. The fourth-order valence-corrected chi connectivity index (χ4v) is 6.03. The van der Waals surface area contributed by atoms with E-state index in [1.165, 1.54) is 4.31 Å². The van der Waals surface area contributed by atoms with Gasteiger partial charge in [0.25, 0.3) is 0 Å². The lowest BCUT2D eigenvalue weighted by Gasteiger charge is -2.31. The number of anilines is 1. The Kier molecular flexibility index (Phi) is 8.66. The number of nitrogens with zero attached hydrogens (tertiary/aromatic N) is 2. The van der Waals surface area contributed by atoms with Gasteiger partial charge in [-0.3, -0.25) is 9.78 Å². The van der Waals surface area contributed by atoms with Gasteiger partial charge < -0.3 is 15.4 Å². The molecule has 36 heavy (non-hydrogen) atoms. The lowest BCUT2D eigenvalue weighted by atomic mass is 9.99. The maximum absolute atomic E-state index is 13.1. The Morgan fingerprint density at radius 2 is 1.97 bits per heavy atom. The number of hydrogen-bond donors (Lipinski definition) is 2. The van der Waals surface area contributed by atoms with Crippen molar-refractivity contribution in [2.24, 2.45) is 5.92 Å². The predicted octanol–water partition coefficient (Wildman–Crippen LogP) is 4.31. The average Bonchev–Trinajstić information content (AvgIpc) is 2.89. The molecule has 0 spiro atoms. The molecule has 0 bridgehead atoms. The van der Waals surface area contributed by atoms with Crippen LogP contribution in [0.5, 0.6) is 5.75 Å². The van der Waals surface area contributed by atoms with Crippen LogP contribution in [0.25, 0.3) is 10.9 Å². The summed E-state index contributed by atoms with van der Waals surface area (Å²) in [5, 5.41) is 7.99. The quantitative estimate of drug-likeness (QED) is 0.379. The first-order valence-electron chi connectivity index (χ1n) is 12.2. The van der Waals surface area contributed by atoms with Gasteiger partial charge in [-0.1, -0.05) is 11.6 Å². The molecule has 1 amide bonds. The van der Waals surface area contributed by atoms with E-state index in [4.69, 9.17) is 16.3 Å². The van der Waals surface area contributed by atoms with E-state index in [-0.39, 0.29) is 23.3 Å². The van der Waals surface area contributed by atoms with Crippen molar-refractivity contribution < 1.29 is 17.9 Å². The van der Waals surface area contributed by atoms with E-state index in [0.717, 1.165) is 23.0 Å². The molecule has 0 aliphatic carbocycles. The Morgan fingerprint density at radius 1 is 1.17 bits per heavy atom. The number of piperidine rings is 1. The van der Waals surface area contributed by atoms with Crippen LogP contribution in [-0.2, 0) is 14.8 Å². The highest BCUT2D eigenvalue weighted by Crippen LogP contribution is 2.26. The van der Waals surface area contributed by atoms with E-state index in [1.807, 2.05) is 31.2 Å². The van der Waals surface area contributed by atoms with Crippen molar-refractivity contribution in [3.05, 3.63) is 59.8 Å². The maximum Gasteiger partial charge on any atom is 0.243 e. The van der Waals surface area contributed by atoms with Crippen LogP contribution < -0.4 is 15.4 Å². The van der Waals surface area contributed by atoms with Gasteiger partial charge in [-0.05, 0) is 74.7 Å². The Morgan fingerprint density at radius 3 is 2.75 bits per heavy atom. The van der Waals surface area contributed by atoms with Crippen molar-refractivity contribution in [3.8, 4) is 5.75 Å². The van der Waals surface area contributed by atoms with Crippen LogP contribution in [0.2, 0.25) is 5.02 Å². The SMILES string of the molecule is CCOc1ccc(S(=O)(=O)N2CCCC(C(=O)NCCCNc3ccnc4cc(Cl)ccc34)C2)cc1. The van der Waals surface area contributed by atoms with E-state index in [0.29, 0.717) is 49.9 Å². The van der Waals surface area contributed by atoms with E-state index in [2.05, 4.69) is 15.6 Å². The first-order chi connectivity index (χ1) is 17.4. The number of hydrogen-bond acceptors (Lipinski definition) is 6. The fraction of sp³-hybridized carbons (Fsp3) is 0.385. The van der Waals surface area contributed by atoms with Gasteiger partial charge in [0.05, 0.1) is 22.9 Å². The molecular weight excluding hydrogens is 500 g/mol. The van der Waals surface area contributed by atoms with Gasteiger partial charge in [-0.2, -0.15) is 4.31 Å². The number of rotatable bonds is 10. The third kappa shape index (κ3) is 6.27. The van der Waals surface area contributed by atoms with Gasteiger partial charge in [0.1, 0.15) is 5.75 Å². The molecule has 3 aromatic rings. The highest BCUT2D eigenvalue weighted by atomic mass is 35.5. The highest BCUT2D eigenvalue weighted by molar-refractivity contribution is 7.89. The predicted molar refractivity (Wildman–Crippen MR) is 142 cm³/mol. The number of fused-ring (bicyclic) bond motifs is 1. The van der Waals surface area contributed by atoms with Crippen LogP contribution >= 0.6 is 11.6 Å². The number of benzene rings is 2. The van der Waals surface area contributed by atoms with Crippen LogP contribution in [0.4, 0.5) is 5.69 Å². The lowest BCUT2D eigenvalue weighted by molar-refractivity contribution is -0.126. The van der Waals surface area contributed by atoms with Crippen molar-refractivity contribution in [3.63, 3.8) is 0 Å². The molecule has 4 rings (SSSR count). The number of pyridine rings is 1. The number of halogens is 1. The molecule has 0 saturated carbocycles. The number of amides is 1. The molecule has 2 aromatic carbocycles. The van der Waals surface area contributed by atoms with Crippen molar-refractivity contribution in [2.45, 2.75) is 31.1 Å². The molecule has 1 aliphatic heterocycles. The molecule has 1 atom stereocenters. The summed E-state index contributed by atoms with van der Waals surface area (Å²) in [7, 11) is -3.67. The summed E-state index contributed by atoms with van der Waals surface area (Å²) in [6.07, 6.45) is 3.78. The Hall–Kier alpha value is -2.88. The summed E-state index contributed by atoms with van der Waals surface area (Å²) in [5.41, 5.74) is 1.79. The van der Waals surface area contributed by atoms with Gasteiger partial charge in [0, 0.05) is 48.5 Å². The highest BCUT2D eigenvalue weighted by Gasteiger charge is 2.33. The van der Waals surface area contributed by atoms with Gasteiger partial charge in [-0.15, -0.1) is 0 Å². The third-order valence-electron chi connectivity index (χ3n) is 6.20. The zero-order chi connectivity index (χ0) is 25.5. The molecule has 1 saturated heterocycles. The van der Waals surface area contributed by atoms with Crippen LogP contribution in [0, 0.1) is 5.92 Å². The summed E-state index contributed by atoms with van der Waals surface area (Å²) in [6, 6.07) is 13.9. The number of sulfonamides is 1. The molecule has 8 nitrogen and oxygen atoms in total. The zero-order valence-corrected chi connectivity index (χ0v) is 21.8. The topological polar surface area (TPSA) is 101 Å². The average molecular weight is 531 g/mol. The van der Waals surface area contributed by atoms with Crippen molar-refractivity contribution in [1.82, 2.24) is 14.6 Å². The van der Waals surface area contributed by atoms with Gasteiger partial charge in [0.2, 0.25) is 15.9 Å². The van der Waals surface area contributed by atoms with Crippen LogP contribution in [0.1, 0.15) is 26.2 Å². The number of carbonyl (C=O) groups excluding carboxylic acids is 1. The standard InChI is InChI=1S/C26H31ClN4O4S/c1-2-35-21-7-9-22(10-8-21)36(33,34)31-16-3-5-19(18-31)26(32)30-14-4-13-28-24-12-15-29-25-17-20(27)6-11-23(24)25/h6-12,15,17,19H,2-5,13-14,16,18H2,1H3,(H,28,29)(H,30,32). The van der Waals surface area contributed by atoms with Crippen LogP contribution in [-0.4, -0.2) is 56.4 Å². The van der Waals surface area contributed by atoms with Gasteiger partial charge in [0.15, 0.2) is 0 Å². The second-order valence-corrected chi connectivity index (χ2v) is 11.1. The minimum Gasteiger partial charge on any atom is -0.494 e. The minimum absolute atomic E-state index is 0.106. The Balaban J connectivity index is 1.26. The van der Waals surface area contributed by atoms with Crippen molar-refractivity contribution in [1.29, 1.82) is 0 Å². The van der Waals surface area contributed by atoms with E-state index >= 15 is 0 Å². The van der Waals surface area contributed by atoms with Crippen LogP contribution in [0.15, 0.2) is 59.6 Å². The molecule has 0 radical (unpaired) electrons. The monoisotopic (exact) mass is 530 g/mol. The largest absolute Gasteiger partial charge is 0.494 e. The third-order valence-corrected chi connectivity index (χ3v) is 8.31. The van der Waals surface area contributed by atoms with E-state index < -0.39 is 10.0 Å². The molecule has 2 heterocycles. The van der Waals surface area contributed by atoms with Gasteiger partial charge >= 0.3 is 0 Å². The summed E-state index contributed by atoms with van der Waals surface area (Å²) >= 11 is 6.05. The number of ether oxygens (including phenoxy) is 1. The number of nitrogens with one attached hydrogen (secondary N) is 2. The first kappa shape index (κ1) is 26.2. The molecule has 1 aromatic heterocycles. The zero-order valence-electron chi connectivity index (χ0n) is 20.2. The molecule has 1 aliphatic rings. The maximum atomic E-state index is 13.1. The smallest absolute Gasteiger partial charge is 0.243 e. The number of carbonyl (C=O) groups is 1. The van der Waals surface area contributed by atoms with Crippen molar-refractivity contribution in [2.75, 3.05) is 38.1 Å². The first-order valence-corrected chi connectivity index (χ1v) is 14.0. The molecule has 2 N–H and O–H groups in total. The summed E-state index contributed by atoms with van der Waals surface area (Å²) in [4.78, 5) is 17.3. The fourth-order valence-electron chi connectivity index (χ4n) is 4.34. The summed E-state index contributed by atoms with van der Waals surface area (Å²) in [6.45, 7) is 4.16. The lowest BCUT2D eigenvalue weighted by Crippen LogP contribution is -2.45. The second-order valence-electron chi connectivity index (χ2n) is 8.70. The number of aromatic nitrogens is 1. The molecular formula is C26H31ClN4O4S. The second kappa shape index (κ2) is 11.9.